The van der Waals surface area contributed by atoms with Crippen molar-refractivity contribution in [3.63, 3.8) is 0 Å². The number of anilines is 1. The number of esters is 1. The van der Waals surface area contributed by atoms with Crippen molar-refractivity contribution in [1.82, 2.24) is 5.32 Å². The molecule has 1 aromatic heterocycles. The van der Waals surface area contributed by atoms with Crippen molar-refractivity contribution in [3.05, 3.63) is 16.0 Å². The summed E-state index contributed by atoms with van der Waals surface area (Å²) in [4.78, 5) is 13.8. The van der Waals surface area contributed by atoms with E-state index in [-0.39, 0.29) is 5.97 Å². The lowest BCUT2D eigenvalue weighted by Gasteiger charge is -2.39. The van der Waals surface area contributed by atoms with E-state index in [0.29, 0.717) is 22.1 Å². The van der Waals surface area contributed by atoms with Gasteiger partial charge in [-0.1, -0.05) is 33.6 Å². The highest BCUT2D eigenvalue weighted by molar-refractivity contribution is 7.80. The minimum absolute atomic E-state index is 0.253. The highest BCUT2D eigenvalue weighted by Crippen LogP contribution is 2.41. The van der Waals surface area contributed by atoms with Crippen molar-refractivity contribution in [2.24, 2.45) is 11.3 Å². The van der Waals surface area contributed by atoms with Crippen LogP contribution in [0.4, 0.5) is 5.00 Å². The molecule has 29 heavy (non-hydrogen) atoms. The second-order valence-electron chi connectivity index (χ2n) is 9.25. The van der Waals surface area contributed by atoms with Gasteiger partial charge in [0.2, 0.25) is 0 Å². The van der Waals surface area contributed by atoms with Gasteiger partial charge in [0.05, 0.1) is 12.7 Å². The van der Waals surface area contributed by atoms with Gasteiger partial charge in [0.1, 0.15) is 5.00 Å². The molecule has 0 radical (unpaired) electrons. The van der Waals surface area contributed by atoms with Crippen LogP contribution in [0.1, 0.15) is 92.9 Å². The SMILES string of the molecule is CCC(C)(C)C1CCC(NC(=S)Nc2sc3c(c2C(=O)OC)CCCCC3)CC1. The van der Waals surface area contributed by atoms with Crippen molar-refractivity contribution in [2.75, 3.05) is 12.4 Å². The van der Waals surface area contributed by atoms with E-state index in [1.165, 1.54) is 49.7 Å². The predicted octanol–water partition coefficient (Wildman–Crippen LogP) is 6.09. The van der Waals surface area contributed by atoms with Crippen LogP contribution in [0, 0.1) is 11.3 Å². The largest absolute Gasteiger partial charge is 0.465 e. The van der Waals surface area contributed by atoms with Crippen LogP contribution in [0.15, 0.2) is 0 Å². The zero-order valence-corrected chi connectivity index (χ0v) is 20.0. The number of methoxy groups -OCH3 is 1. The molecule has 1 aromatic rings. The van der Waals surface area contributed by atoms with E-state index in [1.54, 1.807) is 11.3 Å². The molecule has 0 spiro atoms. The fraction of sp³-hybridized carbons (Fsp3) is 0.739. The molecule has 0 aromatic carbocycles. The monoisotopic (exact) mass is 436 g/mol. The standard InChI is InChI=1S/C23H36N2O2S2/c1-5-23(2,3)15-11-13-16(14-12-15)24-22(28)25-20-19(21(26)27-4)17-9-7-6-8-10-18(17)29-20/h15-16H,5-14H2,1-4H3,(H2,24,25,28). The van der Waals surface area contributed by atoms with Crippen molar-refractivity contribution < 1.29 is 9.53 Å². The van der Waals surface area contributed by atoms with Crippen LogP contribution >= 0.6 is 23.6 Å². The van der Waals surface area contributed by atoms with Crippen LogP contribution in [-0.2, 0) is 17.6 Å². The molecule has 6 heteroatoms. The van der Waals surface area contributed by atoms with E-state index in [9.17, 15) is 4.79 Å². The summed E-state index contributed by atoms with van der Waals surface area (Å²) in [6.07, 6.45) is 11.6. The molecule has 2 N–H and O–H groups in total. The van der Waals surface area contributed by atoms with Gasteiger partial charge in [0.25, 0.3) is 0 Å². The third-order valence-electron chi connectivity index (χ3n) is 7.12. The average molecular weight is 437 g/mol. The minimum Gasteiger partial charge on any atom is -0.465 e. The van der Waals surface area contributed by atoms with Gasteiger partial charge in [-0.3, -0.25) is 0 Å². The summed E-state index contributed by atoms with van der Waals surface area (Å²) < 4.78 is 5.09. The number of ether oxygens (including phenoxy) is 1. The smallest absolute Gasteiger partial charge is 0.341 e. The molecule has 4 nitrogen and oxygen atoms in total. The number of fused-ring (bicyclic) bond motifs is 1. The first-order valence-electron chi connectivity index (χ1n) is 11.2. The fourth-order valence-corrected chi connectivity index (χ4v) is 6.40. The maximum Gasteiger partial charge on any atom is 0.341 e. The highest BCUT2D eigenvalue weighted by Gasteiger charge is 2.32. The molecule has 2 aliphatic rings. The third-order valence-corrected chi connectivity index (χ3v) is 8.54. The Labute approximate surface area is 185 Å². The number of carbonyl (C=O) groups excluding carboxylic acids is 1. The molecule has 0 unspecified atom stereocenters. The zero-order valence-electron chi connectivity index (χ0n) is 18.4. The van der Waals surface area contributed by atoms with Crippen LogP contribution in [0.5, 0.6) is 0 Å². The summed E-state index contributed by atoms with van der Waals surface area (Å²) in [5, 5.41) is 8.33. The van der Waals surface area contributed by atoms with Gasteiger partial charge >= 0.3 is 5.97 Å². The van der Waals surface area contributed by atoms with E-state index < -0.39 is 0 Å². The molecule has 0 saturated heterocycles. The summed E-state index contributed by atoms with van der Waals surface area (Å²) in [7, 11) is 1.46. The van der Waals surface area contributed by atoms with Crippen LogP contribution in [0.2, 0.25) is 0 Å². The lowest BCUT2D eigenvalue weighted by Crippen LogP contribution is -2.41. The molecule has 0 atom stereocenters. The first-order chi connectivity index (χ1) is 13.9. The summed E-state index contributed by atoms with van der Waals surface area (Å²) >= 11 is 7.30. The fourth-order valence-electron chi connectivity index (χ4n) is 4.78. The number of thiophene rings is 1. The Morgan fingerprint density at radius 1 is 1.17 bits per heavy atom. The number of thiocarbonyl (C=S) groups is 1. The van der Waals surface area contributed by atoms with Crippen LogP contribution in [0.3, 0.4) is 0 Å². The first kappa shape index (κ1) is 22.5. The second-order valence-corrected chi connectivity index (χ2v) is 10.8. The summed E-state index contributed by atoms with van der Waals surface area (Å²) in [6.45, 7) is 7.09. The second kappa shape index (κ2) is 9.78. The van der Waals surface area contributed by atoms with Gasteiger partial charge in [-0.2, -0.15) is 0 Å². The lowest BCUT2D eigenvalue weighted by atomic mass is 9.69. The normalized spacial score (nSPS) is 22.3. The van der Waals surface area contributed by atoms with Gasteiger partial charge in [-0.25, -0.2) is 4.79 Å². The Morgan fingerprint density at radius 3 is 2.52 bits per heavy atom. The number of rotatable bonds is 5. The van der Waals surface area contributed by atoms with Crippen LogP contribution < -0.4 is 10.6 Å². The van der Waals surface area contributed by atoms with Crippen molar-refractivity contribution in [2.45, 2.75) is 91.0 Å². The van der Waals surface area contributed by atoms with E-state index in [4.69, 9.17) is 17.0 Å². The molecular formula is C23H36N2O2S2. The number of nitrogens with one attached hydrogen (secondary N) is 2. The molecule has 0 bridgehead atoms. The van der Waals surface area contributed by atoms with Crippen molar-refractivity contribution in [1.29, 1.82) is 0 Å². The van der Waals surface area contributed by atoms with Crippen molar-refractivity contribution in [3.8, 4) is 0 Å². The minimum atomic E-state index is -0.253. The summed E-state index contributed by atoms with van der Waals surface area (Å²) in [6, 6.07) is 0.415. The number of carbonyl (C=O) groups is 1. The zero-order chi connectivity index (χ0) is 21.0. The van der Waals surface area contributed by atoms with Crippen molar-refractivity contribution >= 4 is 39.6 Å². The van der Waals surface area contributed by atoms with Crippen LogP contribution in [0.25, 0.3) is 0 Å². The molecule has 0 amide bonds. The molecule has 1 fully saturated rings. The quantitative estimate of drug-likeness (QED) is 0.332. The van der Waals surface area contributed by atoms with Gasteiger partial charge in [0, 0.05) is 10.9 Å². The van der Waals surface area contributed by atoms with E-state index >= 15 is 0 Å². The van der Waals surface area contributed by atoms with Crippen LogP contribution in [-0.4, -0.2) is 24.2 Å². The predicted molar refractivity (Wildman–Crippen MR) is 126 cm³/mol. The Kier molecular flexibility index (Phi) is 7.60. The highest BCUT2D eigenvalue weighted by atomic mass is 32.1. The van der Waals surface area contributed by atoms with Gasteiger partial charge in [-0.15, -0.1) is 11.3 Å². The third kappa shape index (κ3) is 5.32. The Hall–Kier alpha value is -1.14. The lowest BCUT2D eigenvalue weighted by molar-refractivity contribution is 0.0601. The summed E-state index contributed by atoms with van der Waals surface area (Å²) in [5.74, 6) is 0.544. The topological polar surface area (TPSA) is 50.4 Å². The van der Waals surface area contributed by atoms with E-state index in [0.717, 1.165) is 43.0 Å². The van der Waals surface area contributed by atoms with E-state index in [2.05, 4.69) is 31.4 Å². The molecule has 0 aliphatic heterocycles. The molecular weight excluding hydrogens is 400 g/mol. The Bertz CT molecular complexity index is 733. The number of aryl methyl sites for hydroxylation is 1. The molecule has 2 aliphatic carbocycles. The van der Waals surface area contributed by atoms with E-state index in [1.807, 2.05) is 0 Å². The maximum atomic E-state index is 12.5. The molecule has 162 valence electrons. The molecule has 1 saturated carbocycles. The first-order valence-corrected chi connectivity index (χ1v) is 12.4. The van der Waals surface area contributed by atoms with Gasteiger partial charge < -0.3 is 15.4 Å². The maximum absolute atomic E-state index is 12.5. The van der Waals surface area contributed by atoms with Gasteiger partial charge in [0.15, 0.2) is 5.11 Å². The number of hydrogen-bond acceptors (Lipinski definition) is 4. The summed E-state index contributed by atoms with van der Waals surface area (Å²) in [5.41, 5.74) is 2.30. The average Bonchev–Trinajstić information content (AvgIpc) is 2.88. The molecule has 3 rings (SSSR count). The van der Waals surface area contributed by atoms with Gasteiger partial charge in [-0.05, 0) is 80.5 Å². The Balaban J connectivity index is 1.63. The number of hydrogen-bond donors (Lipinski definition) is 2. The Morgan fingerprint density at radius 2 is 1.86 bits per heavy atom. The molecule has 1 heterocycles.